The van der Waals surface area contributed by atoms with E-state index in [9.17, 15) is 0 Å². The van der Waals surface area contributed by atoms with Gasteiger partial charge in [-0.05, 0) is 56.2 Å². The van der Waals surface area contributed by atoms with Crippen LogP contribution in [0.3, 0.4) is 0 Å². The molecule has 0 aliphatic rings. The second-order valence-electron chi connectivity index (χ2n) is 4.68. The van der Waals surface area contributed by atoms with Crippen LogP contribution in [0, 0.1) is 13.8 Å². The van der Waals surface area contributed by atoms with Crippen LogP contribution in [0.25, 0.3) is 0 Å². The molecule has 2 aromatic rings. The number of halogens is 1. The molecule has 100 valence electrons. The van der Waals surface area contributed by atoms with E-state index >= 15 is 0 Å². The Morgan fingerprint density at radius 1 is 1.16 bits per heavy atom. The highest BCUT2D eigenvalue weighted by atomic mass is 35.5. The van der Waals surface area contributed by atoms with Crippen molar-refractivity contribution in [2.24, 2.45) is 5.73 Å². The molecule has 1 atom stereocenters. The van der Waals surface area contributed by atoms with Gasteiger partial charge in [-0.25, -0.2) is 0 Å². The lowest BCUT2D eigenvalue weighted by atomic mass is 10.1. The second kappa shape index (κ2) is 5.59. The molecule has 0 aliphatic heterocycles. The van der Waals surface area contributed by atoms with Gasteiger partial charge in [-0.2, -0.15) is 0 Å². The Labute approximate surface area is 118 Å². The van der Waals surface area contributed by atoms with Crippen LogP contribution >= 0.6 is 11.6 Å². The number of nitrogens with two attached hydrogens (primary N) is 1. The molecule has 0 fully saturated rings. The van der Waals surface area contributed by atoms with Crippen LogP contribution < -0.4 is 10.5 Å². The molecule has 0 saturated carbocycles. The van der Waals surface area contributed by atoms with Crippen molar-refractivity contribution in [2.75, 3.05) is 0 Å². The lowest BCUT2D eigenvalue weighted by Gasteiger charge is -2.10. The third-order valence-electron chi connectivity index (χ3n) is 2.87. The molecule has 3 nitrogen and oxygen atoms in total. The van der Waals surface area contributed by atoms with Gasteiger partial charge in [-0.15, -0.1) is 0 Å². The molecule has 4 heteroatoms. The van der Waals surface area contributed by atoms with Crippen LogP contribution in [-0.4, -0.2) is 4.98 Å². The Morgan fingerprint density at radius 2 is 1.79 bits per heavy atom. The summed E-state index contributed by atoms with van der Waals surface area (Å²) < 4.78 is 5.77. The van der Waals surface area contributed by atoms with E-state index < -0.39 is 0 Å². The molecular weight excluding hydrogens is 260 g/mol. The van der Waals surface area contributed by atoms with E-state index in [2.05, 4.69) is 4.98 Å². The minimum absolute atomic E-state index is 0.0749. The summed E-state index contributed by atoms with van der Waals surface area (Å²) in [4.78, 5) is 4.26. The summed E-state index contributed by atoms with van der Waals surface area (Å²) in [6.45, 7) is 5.81. The Kier molecular flexibility index (Phi) is 4.08. The maximum Gasteiger partial charge on any atom is 0.145 e. The van der Waals surface area contributed by atoms with Gasteiger partial charge in [0.2, 0.25) is 0 Å². The molecule has 19 heavy (non-hydrogen) atoms. The van der Waals surface area contributed by atoms with E-state index in [1.807, 2.05) is 45.0 Å². The number of rotatable bonds is 3. The van der Waals surface area contributed by atoms with E-state index in [1.165, 1.54) is 0 Å². The standard InChI is InChI=1S/C15H17ClN2O/c1-9-6-13(7-10(2)15(9)16)19-12-4-5-14(11(3)17)18-8-12/h4-8,11H,17H2,1-3H3/t11-/m0/s1. The van der Waals surface area contributed by atoms with E-state index in [-0.39, 0.29) is 6.04 Å². The average Bonchev–Trinajstić information content (AvgIpc) is 2.36. The zero-order valence-electron chi connectivity index (χ0n) is 11.3. The SMILES string of the molecule is Cc1cc(Oc2ccc([C@H](C)N)nc2)cc(C)c1Cl. The first-order valence-corrected chi connectivity index (χ1v) is 6.51. The van der Waals surface area contributed by atoms with Crippen molar-refractivity contribution in [3.63, 3.8) is 0 Å². The molecule has 0 bridgehead atoms. The number of aromatic nitrogens is 1. The fourth-order valence-corrected chi connectivity index (χ4v) is 1.93. The minimum atomic E-state index is -0.0749. The number of nitrogens with zero attached hydrogens (tertiary/aromatic N) is 1. The summed E-state index contributed by atoms with van der Waals surface area (Å²) in [6.07, 6.45) is 1.68. The molecule has 0 aliphatic carbocycles. The molecule has 2 rings (SSSR count). The Bertz CT molecular complexity index is 556. The molecule has 0 spiro atoms. The molecule has 2 N–H and O–H groups in total. The van der Waals surface area contributed by atoms with Gasteiger partial charge < -0.3 is 10.5 Å². The molecule has 0 amide bonds. The van der Waals surface area contributed by atoms with E-state index in [0.29, 0.717) is 5.75 Å². The number of hydrogen-bond donors (Lipinski definition) is 1. The maximum absolute atomic E-state index is 6.13. The first kappa shape index (κ1) is 13.8. The van der Waals surface area contributed by atoms with Crippen molar-refractivity contribution in [3.8, 4) is 11.5 Å². The summed E-state index contributed by atoms with van der Waals surface area (Å²) in [7, 11) is 0. The largest absolute Gasteiger partial charge is 0.456 e. The van der Waals surface area contributed by atoms with Crippen LogP contribution in [0.5, 0.6) is 11.5 Å². The highest BCUT2D eigenvalue weighted by Crippen LogP contribution is 2.29. The quantitative estimate of drug-likeness (QED) is 0.915. The lowest BCUT2D eigenvalue weighted by molar-refractivity contribution is 0.478. The van der Waals surface area contributed by atoms with E-state index in [1.54, 1.807) is 6.20 Å². The Morgan fingerprint density at radius 3 is 2.26 bits per heavy atom. The second-order valence-corrected chi connectivity index (χ2v) is 5.06. The zero-order chi connectivity index (χ0) is 14.0. The molecule has 1 aromatic carbocycles. The summed E-state index contributed by atoms with van der Waals surface area (Å²) >= 11 is 6.13. The van der Waals surface area contributed by atoms with Gasteiger partial charge in [-0.1, -0.05) is 11.6 Å². The average molecular weight is 277 g/mol. The first-order chi connectivity index (χ1) is 8.97. The van der Waals surface area contributed by atoms with Crippen molar-refractivity contribution in [3.05, 3.63) is 52.3 Å². The zero-order valence-corrected chi connectivity index (χ0v) is 12.0. The van der Waals surface area contributed by atoms with Crippen molar-refractivity contribution < 1.29 is 4.74 Å². The first-order valence-electron chi connectivity index (χ1n) is 6.13. The summed E-state index contributed by atoms with van der Waals surface area (Å²) in [6, 6.07) is 7.48. The van der Waals surface area contributed by atoms with Gasteiger partial charge in [0, 0.05) is 11.1 Å². The van der Waals surface area contributed by atoms with E-state index in [0.717, 1.165) is 27.6 Å². The third kappa shape index (κ3) is 3.25. The van der Waals surface area contributed by atoms with Crippen LogP contribution in [0.2, 0.25) is 5.02 Å². The maximum atomic E-state index is 6.13. The molecule has 0 radical (unpaired) electrons. The highest BCUT2D eigenvalue weighted by Gasteiger charge is 2.06. The van der Waals surface area contributed by atoms with Crippen molar-refractivity contribution in [1.82, 2.24) is 4.98 Å². The van der Waals surface area contributed by atoms with Gasteiger partial charge in [0.05, 0.1) is 11.9 Å². The molecule has 0 unspecified atom stereocenters. The van der Waals surface area contributed by atoms with Gasteiger partial charge in [0.1, 0.15) is 11.5 Å². The van der Waals surface area contributed by atoms with Gasteiger partial charge in [-0.3, -0.25) is 4.98 Å². The summed E-state index contributed by atoms with van der Waals surface area (Å²) in [5.74, 6) is 1.44. The fourth-order valence-electron chi connectivity index (χ4n) is 1.82. The predicted molar refractivity (Wildman–Crippen MR) is 77.8 cm³/mol. The Hall–Kier alpha value is -1.58. The Balaban J connectivity index is 2.21. The van der Waals surface area contributed by atoms with Crippen molar-refractivity contribution >= 4 is 11.6 Å². The van der Waals surface area contributed by atoms with E-state index in [4.69, 9.17) is 22.1 Å². The number of ether oxygens (including phenoxy) is 1. The fraction of sp³-hybridized carbons (Fsp3) is 0.267. The number of hydrogen-bond acceptors (Lipinski definition) is 3. The normalized spacial score (nSPS) is 12.3. The van der Waals surface area contributed by atoms with Gasteiger partial charge in [0.15, 0.2) is 0 Å². The van der Waals surface area contributed by atoms with Crippen LogP contribution in [-0.2, 0) is 0 Å². The van der Waals surface area contributed by atoms with Gasteiger partial charge in [0.25, 0.3) is 0 Å². The summed E-state index contributed by atoms with van der Waals surface area (Å²) in [5, 5.41) is 0.776. The smallest absolute Gasteiger partial charge is 0.145 e. The molecular formula is C15H17ClN2O. The molecule has 1 aromatic heterocycles. The molecule has 1 heterocycles. The van der Waals surface area contributed by atoms with Crippen LogP contribution in [0.4, 0.5) is 0 Å². The molecule has 0 saturated heterocycles. The minimum Gasteiger partial charge on any atom is -0.456 e. The number of pyridine rings is 1. The topological polar surface area (TPSA) is 48.1 Å². The monoisotopic (exact) mass is 276 g/mol. The summed E-state index contributed by atoms with van der Waals surface area (Å²) in [5.41, 5.74) is 8.59. The van der Waals surface area contributed by atoms with Crippen molar-refractivity contribution in [2.45, 2.75) is 26.8 Å². The van der Waals surface area contributed by atoms with Crippen LogP contribution in [0.15, 0.2) is 30.5 Å². The van der Waals surface area contributed by atoms with Crippen molar-refractivity contribution in [1.29, 1.82) is 0 Å². The van der Waals surface area contributed by atoms with Gasteiger partial charge >= 0.3 is 0 Å². The third-order valence-corrected chi connectivity index (χ3v) is 3.47. The van der Waals surface area contributed by atoms with Crippen LogP contribution in [0.1, 0.15) is 29.8 Å². The predicted octanol–water partition coefficient (Wildman–Crippen LogP) is 4.16. The highest BCUT2D eigenvalue weighted by molar-refractivity contribution is 6.32. The lowest BCUT2D eigenvalue weighted by Crippen LogP contribution is -2.06. The number of benzene rings is 1. The number of aryl methyl sites for hydroxylation is 2.